The monoisotopic (exact) mass is 339 g/mol. The van der Waals surface area contributed by atoms with E-state index in [0.717, 1.165) is 43.6 Å². The van der Waals surface area contributed by atoms with Crippen molar-refractivity contribution in [1.29, 1.82) is 0 Å². The number of benzene rings is 1. The van der Waals surface area contributed by atoms with Crippen LogP contribution in [-0.4, -0.2) is 34.7 Å². The van der Waals surface area contributed by atoms with E-state index in [-0.39, 0.29) is 11.9 Å². The van der Waals surface area contributed by atoms with Gasteiger partial charge in [0, 0.05) is 44.6 Å². The zero-order chi connectivity index (χ0) is 17.3. The number of aromatic nitrogens is 2. The molecular weight excluding hydrogens is 314 g/mol. The maximum absolute atomic E-state index is 13.3. The molecule has 1 aromatic carbocycles. The van der Waals surface area contributed by atoms with Gasteiger partial charge in [0.1, 0.15) is 5.82 Å². The van der Waals surface area contributed by atoms with Crippen LogP contribution in [0.1, 0.15) is 36.2 Å². The van der Waals surface area contributed by atoms with Gasteiger partial charge in [-0.15, -0.1) is 0 Å². The quantitative estimate of drug-likeness (QED) is 0.934. The van der Waals surface area contributed by atoms with E-state index in [1.54, 1.807) is 0 Å². The van der Waals surface area contributed by atoms with Gasteiger partial charge < -0.3 is 14.6 Å². The molecule has 1 atom stereocenters. The van der Waals surface area contributed by atoms with Gasteiger partial charge in [-0.3, -0.25) is 4.79 Å². The van der Waals surface area contributed by atoms with Gasteiger partial charge in [0.05, 0.1) is 5.41 Å². The first-order valence-electron chi connectivity index (χ1n) is 9.13. The van der Waals surface area contributed by atoms with Gasteiger partial charge in [0.25, 0.3) is 0 Å². The number of nitrogens with zero attached hydrogens (tertiary/aromatic N) is 2. The van der Waals surface area contributed by atoms with Crippen LogP contribution in [0.2, 0.25) is 0 Å². The van der Waals surface area contributed by atoms with Gasteiger partial charge >= 0.3 is 0 Å². The first kappa shape index (κ1) is 16.3. The van der Waals surface area contributed by atoms with E-state index in [2.05, 4.69) is 46.1 Å². The number of ether oxygens (including phenoxy) is 1. The van der Waals surface area contributed by atoms with Gasteiger partial charge in [-0.25, -0.2) is 4.98 Å². The summed E-state index contributed by atoms with van der Waals surface area (Å²) in [5, 5.41) is 3.33. The Morgan fingerprint density at radius 2 is 2.04 bits per heavy atom. The largest absolute Gasteiger partial charge is 0.381 e. The molecule has 4 rings (SSSR count). The maximum atomic E-state index is 13.3. The lowest BCUT2D eigenvalue weighted by atomic mass is 9.73. The Bertz CT molecular complexity index is 745. The smallest absolute Gasteiger partial charge is 0.231 e. The van der Waals surface area contributed by atoms with Crippen LogP contribution in [0.4, 0.5) is 0 Å². The minimum absolute atomic E-state index is 0.146. The molecule has 25 heavy (non-hydrogen) atoms. The fraction of sp³-hybridized carbons (Fsp3) is 0.500. The maximum Gasteiger partial charge on any atom is 0.231 e. The van der Waals surface area contributed by atoms with E-state index in [1.807, 2.05) is 12.4 Å². The second-order valence-corrected chi connectivity index (χ2v) is 7.27. The molecule has 1 aromatic heterocycles. The minimum atomic E-state index is -0.471. The molecule has 1 amide bonds. The summed E-state index contributed by atoms with van der Waals surface area (Å²) in [6.45, 7) is 4.15. The molecule has 0 aliphatic carbocycles. The summed E-state index contributed by atoms with van der Waals surface area (Å²) >= 11 is 0. The highest BCUT2D eigenvalue weighted by Gasteiger charge is 2.42. The number of hydrogen-bond acceptors (Lipinski definition) is 3. The lowest BCUT2D eigenvalue weighted by Crippen LogP contribution is -2.52. The van der Waals surface area contributed by atoms with Crippen LogP contribution in [0.25, 0.3) is 0 Å². The Morgan fingerprint density at radius 3 is 2.80 bits per heavy atom. The molecule has 0 bridgehead atoms. The molecule has 0 radical (unpaired) electrons. The molecule has 3 heterocycles. The Morgan fingerprint density at radius 1 is 1.28 bits per heavy atom. The normalized spacial score (nSPS) is 22.2. The zero-order valence-electron chi connectivity index (χ0n) is 14.7. The first-order valence-corrected chi connectivity index (χ1v) is 9.13. The number of aryl methyl sites for hydroxylation is 2. The number of carbonyl (C=O) groups is 1. The average molecular weight is 339 g/mol. The van der Waals surface area contributed by atoms with Gasteiger partial charge in [0.15, 0.2) is 0 Å². The van der Waals surface area contributed by atoms with Gasteiger partial charge in [-0.1, -0.05) is 29.8 Å². The number of amides is 1. The van der Waals surface area contributed by atoms with E-state index in [1.165, 1.54) is 5.56 Å². The minimum Gasteiger partial charge on any atom is -0.381 e. The van der Waals surface area contributed by atoms with Crippen LogP contribution in [-0.2, 0) is 27.9 Å². The van der Waals surface area contributed by atoms with Crippen molar-refractivity contribution in [1.82, 2.24) is 14.9 Å². The summed E-state index contributed by atoms with van der Waals surface area (Å²) < 4.78 is 7.70. The lowest BCUT2D eigenvalue weighted by Gasteiger charge is -2.38. The summed E-state index contributed by atoms with van der Waals surface area (Å²) in [5.41, 5.74) is 1.85. The van der Waals surface area contributed by atoms with Crippen LogP contribution in [0.5, 0.6) is 0 Å². The van der Waals surface area contributed by atoms with Crippen molar-refractivity contribution in [3.05, 3.63) is 53.6 Å². The third kappa shape index (κ3) is 3.09. The molecule has 1 N–H and O–H groups in total. The van der Waals surface area contributed by atoms with Crippen LogP contribution >= 0.6 is 0 Å². The van der Waals surface area contributed by atoms with E-state index >= 15 is 0 Å². The number of nitrogens with one attached hydrogen (secondary N) is 1. The second kappa shape index (κ2) is 6.64. The molecule has 0 spiro atoms. The van der Waals surface area contributed by atoms with Gasteiger partial charge in [-0.05, 0) is 31.7 Å². The van der Waals surface area contributed by atoms with Crippen molar-refractivity contribution in [3.63, 3.8) is 0 Å². The number of rotatable bonds is 3. The molecule has 5 nitrogen and oxygen atoms in total. The molecule has 1 unspecified atom stereocenters. The van der Waals surface area contributed by atoms with Crippen molar-refractivity contribution in [2.24, 2.45) is 0 Å². The van der Waals surface area contributed by atoms with Crippen molar-refractivity contribution in [2.75, 3.05) is 13.2 Å². The molecule has 2 aromatic rings. The molecule has 1 saturated heterocycles. The van der Waals surface area contributed by atoms with Crippen LogP contribution < -0.4 is 5.32 Å². The Hall–Kier alpha value is -2.14. The van der Waals surface area contributed by atoms with Crippen molar-refractivity contribution < 1.29 is 9.53 Å². The van der Waals surface area contributed by atoms with Crippen LogP contribution in [0.3, 0.4) is 0 Å². The number of imidazole rings is 1. The second-order valence-electron chi connectivity index (χ2n) is 7.27. The fourth-order valence-electron chi connectivity index (χ4n) is 4.05. The Labute approximate surface area is 148 Å². The molecule has 5 heteroatoms. The van der Waals surface area contributed by atoms with E-state index in [9.17, 15) is 4.79 Å². The molecular formula is C20H25N3O2. The van der Waals surface area contributed by atoms with E-state index < -0.39 is 5.41 Å². The number of hydrogen-bond donors (Lipinski definition) is 1. The van der Waals surface area contributed by atoms with E-state index in [0.29, 0.717) is 13.2 Å². The predicted molar refractivity (Wildman–Crippen MR) is 95.4 cm³/mol. The van der Waals surface area contributed by atoms with Crippen molar-refractivity contribution in [2.45, 2.75) is 50.6 Å². The standard InChI is InChI=1S/C20H25N3O2/c1-15-2-4-16(5-3-15)20(8-12-25-13-9-20)19(24)22-17-6-7-18-21-10-11-23(18)14-17/h2-5,10-11,17H,6-9,12-14H2,1H3,(H,22,24). The van der Waals surface area contributed by atoms with Gasteiger partial charge in [0.2, 0.25) is 5.91 Å². The third-order valence-electron chi connectivity index (χ3n) is 5.66. The SMILES string of the molecule is Cc1ccc(C2(C(=O)NC3CCc4nccn4C3)CCOCC2)cc1. The summed E-state index contributed by atoms with van der Waals surface area (Å²) in [7, 11) is 0. The molecule has 2 aliphatic rings. The van der Waals surface area contributed by atoms with Crippen molar-refractivity contribution in [3.8, 4) is 0 Å². The third-order valence-corrected chi connectivity index (χ3v) is 5.66. The highest BCUT2D eigenvalue weighted by atomic mass is 16.5. The fourth-order valence-corrected chi connectivity index (χ4v) is 4.05. The van der Waals surface area contributed by atoms with Crippen molar-refractivity contribution >= 4 is 5.91 Å². The number of carbonyl (C=O) groups excluding carboxylic acids is 1. The lowest BCUT2D eigenvalue weighted by molar-refractivity contribution is -0.131. The molecule has 0 saturated carbocycles. The highest BCUT2D eigenvalue weighted by molar-refractivity contribution is 5.88. The average Bonchev–Trinajstić information content (AvgIpc) is 3.10. The summed E-state index contributed by atoms with van der Waals surface area (Å²) in [5.74, 6) is 1.26. The van der Waals surface area contributed by atoms with Crippen LogP contribution in [0, 0.1) is 6.92 Å². The predicted octanol–water partition coefficient (Wildman–Crippen LogP) is 2.37. The summed E-state index contributed by atoms with van der Waals surface area (Å²) in [4.78, 5) is 17.7. The topological polar surface area (TPSA) is 56.2 Å². The van der Waals surface area contributed by atoms with Gasteiger partial charge in [-0.2, -0.15) is 0 Å². The molecule has 132 valence electrons. The zero-order valence-corrected chi connectivity index (χ0v) is 14.7. The van der Waals surface area contributed by atoms with Crippen LogP contribution in [0.15, 0.2) is 36.7 Å². The molecule has 1 fully saturated rings. The highest BCUT2D eigenvalue weighted by Crippen LogP contribution is 2.35. The Balaban J connectivity index is 1.55. The molecule has 2 aliphatic heterocycles. The Kier molecular flexibility index (Phi) is 4.34. The summed E-state index contributed by atoms with van der Waals surface area (Å²) in [6.07, 6.45) is 7.18. The van der Waals surface area contributed by atoms with E-state index in [4.69, 9.17) is 4.74 Å². The summed E-state index contributed by atoms with van der Waals surface area (Å²) in [6, 6.07) is 8.57. The first-order chi connectivity index (χ1) is 12.2. The number of fused-ring (bicyclic) bond motifs is 1.